The van der Waals surface area contributed by atoms with Crippen molar-refractivity contribution in [1.82, 2.24) is 14.9 Å². The van der Waals surface area contributed by atoms with Crippen LogP contribution in [0.5, 0.6) is 0 Å². The normalized spacial score (nSPS) is 19.1. The van der Waals surface area contributed by atoms with Crippen LogP contribution in [-0.4, -0.2) is 47.9 Å². The Hall–Kier alpha value is -2.10. The van der Waals surface area contributed by atoms with Crippen LogP contribution in [0.15, 0.2) is 34.4 Å². The summed E-state index contributed by atoms with van der Waals surface area (Å²) in [6.45, 7) is 0.370. The zero-order chi connectivity index (χ0) is 19.2. The number of thiophene rings is 1. The summed E-state index contributed by atoms with van der Waals surface area (Å²) in [5, 5.41) is 2.33. The van der Waals surface area contributed by atoms with E-state index < -0.39 is 9.84 Å². The van der Waals surface area contributed by atoms with Gasteiger partial charge in [-0.1, -0.05) is 12.1 Å². The summed E-state index contributed by atoms with van der Waals surface area (Å²) in [6.07, 6.45) is 0.596. The van der Waals surface area contributed by atoms with E-state index in [1.165, 1.54) is 23.5 Å². The van der Waals surface area contributed by atoms with Crippen molar-refractivity contribution >= 4 is 31.4 Å². The summed E-state index contributed by atoms with van der Waals surface area (Å²) in [6, 6.07) is 5.93. The molecule has 9 heteroatoms. The Morgan fingerprint density at radius 3 is 2.74 bits per heavy atom. The van der Waals surface area contributed by atoms with Crippen molar-refractivity contribution in [3.05, 3.63) is 51.6 Å². The van der Waals surface area contributed by atoms with Gasteiger partial charge < -0.3 is 4.98 Å². The second-order valence-electron chi connectivity index (χ2n) is 6.82. The summed E-state index contributed by atoms with van der Waals surface area (Å²) in [5.74, 6) is 0.525. The third-order valence-electron chi connectivity index (χ3n) is 4.88. The molecule has 142 valence electrons. The number of rotatable bonds is 4. The van der Waals surface area contributed by atoms with Crippen molar-refractivity contribution in [3.63, 3.8) is 0 Å². The average Bonchev–Trinajstić information content (AvgIpc) is 3.19. The molecule has 1 aromatic carbocycles. The zero-order valence-corrected chi connectivity index (χ0v) is 16.2. The van der Waals surface area contributed by atoms with Crippen LogP contribution >= 0.6 is 11.3 Å². The van der Waals surface area contributed by atoms with E-state index in [2.05, 4.69) is 9.97 Å². The Kier molecular flexibility index (Phi) is 4.61. The fraction of sp³-hybridized carbons (Fsp3) is 0.333. The van der Waals surface area contributed by atoms with Crippen LogP contribution in [0.1, 0.15) is 12.2 Å². The van der Waals surface area contributed by atoms with Crippen LogP contribution in [0.25, 0.3) is 21.3 Å². The minimum atomic E-state index is -2.96. The van der Waals surface area contributed by atoms with E-state index in [1.54, 1.807) is 12.1 Å². The summed E-state index contributed by atoms with van der Waals surface area (Å²) >= 11 is 1.36. The van der Waals surface area contributed by atoms with Gasteiger partial charge in [0.05, 0.1) is 23.4 Å². The first-order chi connectivity index (χ1) is 12.8. The lowest BCUT2D eigenvalue weighted by molar-refractivity contribution is 0.248. The van der Waals surface area contributed by atoms with E-state index in [0.717, 1.165) is 11.1 Å². The first-order valence-electron chi connectivity index (χ1n) is 8.49. The van der Waals surface area contributed by atoms with Gasteiger partial charge in [0.25, 0.3) is 5.56 Å². The highest BCUT2D eigenvalue weighted by Crippen LogP contribution is 2.31. The molecule has 0 radical (unpaired) electrons. The predicted octanol–water partition coefficient (Wildman–Crippen LogP) is 2.41. The first kappa shape index (κ1) is 18.3. The molecular formula is C18H18FN3O3S2. The molecule has 4 rings (SSSR count). The van der Waals surface area contributed by atoms with Crippen molar-refractivity contribution in [2.45, 2.75) is 19.0 Å². The Labute approximate surface area is 159 Å². The molecule has 6 nitrogen and oxygen atoms in total. The monoisotopic (exact) mass is 407 g/mol. The molecular weight excluding hydrogens is 389 g/mol. The molecule has 1 aliphatic rings. The van der Waals surface area contributed by atoms with Gasteiger partial charge in [0.2, 0.25) is 0 Å². The van der Waals surface area contributed by atoms with E-state index in [4.69, 9.17) is 0 Å². The summed E-state index contributed by atoms with van der Waals surface area (Å²) in [5.41, 5.74) is 1.24. The predicted molar refractivity (Wildman–Crippen MR) is 104 cm³/mol. The smallest absolute Gasteiger partial charge is 0.260 e. The molecule has 2 aromatic heterocycles. The minimum Gasteiger partial charge on any atom is -0.309 e. The summed E-state index contributed by atoms with van der Waals surface area (Å²) < 4.78 is 36.5. The largest absolute Gasteiger partial charge is 0.309 e. The van der Waals surface area contributed by atoms with Crippen molar-refractivity contribution < 1.29 is 12.8 Å². The highest BCUT2D eigenvalue weighted by molar-refractivity contribution is 7.91. The molecule has 0 amide bonds. The van der Waals surface area contributed by atoms with Crippen molar-refractivity contribution in [2.24, 2.45) is 0 Å². The molecule has 3 heterocycles. The summed E-state index contributed by atoms with van der Waals surface area (Å²) in [7, 11) is -1.12. The van der Waals surface area contributed by atoms with Gasteiger partial charge in [-0.2, -0.15) is 0 Å². The molecule has 1 aliphatic heterocycles. The number of aromatic amines is 1. The Bertz CT molecular complexity index is 1150. The lowest BCUT2D eigenvalue weighted by atomic mass is 10.1. The van der Waals surface area contributed by atoms with E-state index >= 15 is 0 Å². The number of nitrogens with zero attached hydrogens (tertiary/aromatic N) is 2. The van der Waals surface area contributed by atoms with Crippen LogP contribution in [0.4, 0.5) is 4.39 Å². The topological polar surface area (TPSA) is 83.1 Å². The molecule has 1 fully saturated rings. The van der Waals surface area contributed by atoms with Crippen LogP contribution < -0.4 is 5.56 Å². The van der Waals surface area contributed by atoms with Gasteiger partial charge >= 0.3 is 0 Å². The fourth-order valence-electron chi connectivity index (χ4n) is 3.40. The second-order valence-corrected chi connectivity index (χ2v) is 9.91. The van der Waals surface area contributed by atoms with E-state index in [9.17, 15) is 17.6 Å². The molecule has 0 bridgehead atoms. The maximum absolute atomic E-state index is 13.2. The SMILES string of the molecule is CN(Cc1nc2scc(-c3ccc(F)cc3)c2c(=O)[nH]1)C1CCS(=O)(=O)C1. The van der Waals surface area contributed by atoms with E-state index in [0.29, 0.717) is 29.0 Å². The summed E-state index contributed by atoms with van der Waals surface area (Å²) in [4.78, 5) is 22.5. The van der Waals surface area contributed by atoms with Gasteiger partial charge in [0.1, 0.15) is 16.5 Å². The third kappa shape index (κ3) is 3.67. The fourth-order valence-corrected chi connectivity index (χ4v) is 6.17. The lowest BCUT2D eigenvalue weighted by Crippen LogP contribution is -2.33. The average molecular weight is 407 g/mol. The molecule has 0 aliphatic carbocycles. The number of halogens is 1. The molecule has 1 saturated heterocycles. The number of hydrogen-bond acceptors (Lipinski definition) is 6. The van der Waals surface area contributed by atoms with Crippen LogP contribution in [0.3, 0.4) is 0 Å². The second kappa shape index (κ2) is 6.81. The number of hydrogen-bond donors (Lipinski definition) is 1. The first-order valence-corrected chi connectivity index (χ1v) is 11.2. The van der Waals surface area contributed by atoms with Crippen LogP contribution in [-0.2, 0) is 16.4 Å². The number of fused-ring (bicyclic) bond motifs is 1. The van der Waals surface area contributed by atoms with Crippen molar-refractivity contribution in [2.75, 3.05) is 18.6 Å². The van der Waals surface area contributed by atoms with Gasteiger partial charge in [-0.15, -0.1) is 11.3 Å². The number of benzene rings is 1. The maximum atomic E-state index is 13.2. The number of sulfone groups is 1. The van der Waals surface area contributed by atoms with E-state index in [-0.39, 0.29) is 28.9 Å². The maximum Gasteiger partial charge on any atom is 0.260 e. The highest BCUT2D eigenvalue weighted by atomic mass is 32.2. The highest BCUT2D eigenvalue weighted by Gasteiger charge is 2.30. The van der Waals surface area contributed by atoms with Crippen LogP contribution in [0.2, 0.25) is 0 Å². The van der Waals surface area contributed by atoms with Crippen molar-refractivity contribution in [1.29, 1.82) is 0 Å². The van der Waals surface area contributed by atoms with Gasteiger partial charge in [-0.25, -0.2) is 17.8 Å². The molecule has 0 saturated carbocycles. The minimum absolute atomic E-state index is 0.0610. The molecule has 0 spiro atoms. The lowest BCUT2D eigenvalue weighted by Gasteiger charge is -2.22. The van der Waals surface area contributed by atoms with E-state index in [1.807, 2.05) is 17.3 Å². The van der Waals surface area contributed by atoms with Gasteiger partial charge in [0, 0.05) is 17.0 Å². The van der Waals surface area contributed by atoms with Crippen molar-refractivity contribution in [3.8, 4) is 11.1 Å². The number of nitrogens with one attached hydrogen (secondary N) is 1. The van der Waals surface area contributed by atoms with Gasteiger partial charge in [0.15, 0.2) is 9.84 Å². The number of H-pyrrole nitrogens is 1. The molecule has 1 atom stereocenters. The molecule has 1 N–H and O–H groups in total. The zero-order valence-electron chi connectivity index (χ0n) is 14.6. The quantitative estimate of drug-likeness (QED) is 0.718. The Balaban J connectivity index is 1.63. The third-order valence-corrected chi connectivity index (χ3v) is 7.50. The Morgan fingerprint density at radius 1 is 1.33 bits per heavy atom. The van der Waals surface area contributed by atoms with Crippen LogP contribution in [0, 0.1) is 5.82 Å². The molecule has 3 aromatic rings. The van der Waals surface area contributed by atoms with Gasteiger partial charge in [-0.05, 0) is 31.2 Å². The molecule has 27 heavy (non-hydrogen) atoms. The number of aromatic nitrogens is 2. The Morgan fingerprint density at radius 2 is 2.07 bits per heavy atom. The standard InChI is InChI=1S/C18H18FN3O3S2/c1-22(13-6-7-27(24,25)10-13)8-15-20-17(23)16-14(9-26-18(16)21-15)11-2-4-12(19)5-3-11/h2-5,9,13H,6-8,10H2,1H3,(H,20,21,23). The molecule has 1 unspecified atom stereocenters. The van der Waals surface area contributed by atoms with Gasteiger partial charge in [-0.3, -0.25) is 9.69 Å².